The Bertz CT molecular complexity index is 3810. The molecule has 1 aliphatic rings. The van der Waals surface area contributed by atoms with Gasteiger partial charge in [-0.05, 0) is 130 Å². The fourth-order valence-corrected chi connectivity index (χ4v) is 10.4. The van der Waals surface area contributed by atoms with Gasteiger partial charge in [0.2, 0.25) is 0 Å². The van der Waals surface area contributed by atoms with Gasteiger partial charge in [-0.15, -0.1) is 0 Å². The molecule has 3 heteroatoms. The van der Waals surface area contributed by atoms with Crippen LogP contribution >= 0.6 is 0 Å². The van der Waals surface area contributed by atoms with Crippen LogP contribution in [-0.4, -0.2) is 4.57 Å². The predicted octanol–water partition coefficient (Wildman–Crippen LogP) is 18.7. The first-order valence-corrected chi connectivity index (χ1v) is 23.9. The molecule has 0 N–H and O–H groups in total. The summed E-state index contributed by atoms with van der Waals surface area (Å²) in [4.78, 5) is 2.35. The fraction of sp³-hybridized carbons (Fsp3) is 0.0303. The maximum absolute atomic E-state index is 7.11. The largest absolute Gasteiger partial charge is 0.455 e. The van der Waals surface area contributed by atoms with Crippen molar-refractivity contribution < 1.29 is 4.42 Å². The second-order valence-corrected chi connectivity index (χ2v) is 18.0. The lowest BCUT2D eigenvalue weighted by Gasteiger charge is -2.26. The zero-order chi connectivity index (χ0) is 45.7. The van der Waals surface area contributed by atoms with Gasteiger partial charge in [0.1, 0.15) is 11.2 Å². The van der Waals surface area contributed by atoms with Crippen LogP contribution in [0.3, 0.4) is 0 Å². The molecular weight excluding hydrogens is 837 g/mol. The molecule has 0 amide bonds. The topological polar surface area (TPSA) is 21.3 Å². The minimum absolute atomic E-state index is 0.888. The van der Waals surface area contributed by atoms with Gasteiger partial charge in [0.25, 0.3) is 0 Å². The van der Waals surface area contributed by atoms with Crippen LogP contribution in [-0.2, 0) is 0 Å². The van der Waals surface area contributed by atoms with Crippen molar-refractivity contribution in [1.29, 1.82) is 0 Å². The number of allylic oxidation sites excluding steroid dienone is 4. The number of fused-ring (bicyclic) bond motifs is 6. The Labute approximate surface area is 401 Å². The van der Waals surface area contributed by atoms with E-state index in [1.54, 1.807) is 0 Å². The molecule has 1 aliphatic carbocycles. The maximum atomic E-state index is 7.11. The summed E-state index contributed by atoms with van der Waals surface area (Å²) in [6.45, 7) is 0. The highest BCUT2D eigenvalue weighted by Gasteiger charge is 2.21. The number of nitrogens with zero attached hydrogens (tertiary/aromatic N) is 2. The quantitative estimate of drug-likeness (QED) is 0.144. The van der Waals surface area contributed by atoms with Crippen molar-refractivity contribution in [2.75, 3.05) is 4.90 Å². The summed E-state index contributed by atoms with van der Waals surface area (Å²) in [5.74, 6) is 0. The number of anilines is 3. The molecule has 0 radical (unpaired) electrons. The third-order valence-corrected chi connectivity index (χ3v) is 13.8. The molecule has 13 rings (SSSR count). The maximum Gasteiger partial charge on any atom is 0.143 e. The van der Waals surface area contributed by atoms with Crippen molar-refractivity contribution in [3.8, 4) is 55.6 Å². The van der Waals surface area contributed by atoms with Gasteiger partial charge in [0, 0.05) is 55.4 Å². The molecule has 0 spiro atoms. The van der Waals surface area contributed by atoms with Gasteiger partial charge in [-0.2, -0.15) is 0 Å². The van der Waals surface area contributed by atoms with Crippen LogP contribution < -0.4 is 4.90 Å². The van der Waals surface area contributed by atoms with Crippen LogP contribution in [0.5, 0.6) is 0 Å². The highest BCUT2D eigenvalue weighted by Crippen LogP contribution is 2.45. The van der Waals surface area contributed by atoms with E-state index in [1.807, 2.05) is 0 Å². The highest BCUT2D eigenvalue weighted by atomic mass is 16.3. The summed E-state index contributed by atoms with van der Waals surface area (Å²) in [6.07, 6.45) is 9.03. The minimum Gasteiger partial charge on any atom is -0.455 e. The second kappa shape index (κ2) is 17.1. The summed E-state index contributed by atoms with van der Waals surface area (Å²) >= 11 is 0. The van der Waals surface area contributed by atoms with Crippen molar-refractivity contribution in [3.63, 3.8) is 0 Å². The third kappa shape index (κ3) is 7.24. The van der Waals surface area contributed by atoms with Crippen molar-refractivity contribution in [1.82, 2.24) is 4.57 Å². The summed E-state index contributed by atoms with van der Waals surface area (Å²) in [5.41, 5.74) is 20.1. The van der Waals surface area contributed by atoms with Gasteiger partial charge in [-0.25, -0.2) is 0 Å². The van der Waals surface area contributed by atoms with Crippen molar-refractivity contribution in [2.24, 2.45) is 0 Å². The molecule has 0 unspecified atom stereocenters. The van der Waals surface area contributed by atoms with E-state index >= 15 is 0 Å². The molecule has 0 saturated heterocycles. The van der Waals surface area contributed by atoms with Gasteiger partial charge in [0.15, 0.2) is 0 Å². The van der Waals surface area contributed by atoms with E-state index < -0.39 is 0 Å². The Morgan fingerprint density at radius 3 is 1.43 bits per heavy atom. The lowest BCUT2D eigenvalue weighted by molar-refractivity contribution is 0.671. The van der Waals surface area contributed by atoms with Gasteiger partial charge in [-0.3, -0.25) is 0 Å². The number of benzene rings is 10. The molecule has 3 nitrogen and oxygen atoms in total. The molecule has 2 heterocycles. The molecule has 69 heavy (non-hydrogen) atoms. The van der Waals surface area contributed by atoms with Crippen molar-refractivity contribution >= 4 is 66.5 Å². The number of hydrogen-bond donors (Lipinski definition) is 0. The zero-order valence-electron chi connectivity index (χ0n) is 38.0. The lowest BCUT2D eigenvalue weighted by atomic mass is 9.94. The molecule has 0 aliphatic heterocycles. The van der Waals surface area contributed by atoms with Crippen molar-refractivity contribution in [2.45, 2.75) is 12.8 Å². The van der Waals surface area contributed by atoms with E-state index in [4.69, 9.17) is 4.42 Å². The van der Waals surface area contributed by atoms with Gasteiger partial charge >= 0.3 is 0 Å². The van der Waals surface area contributed by atoms with Crippen molar-refractivity contribution in [3.05, 3.63) is 255 Å². The Hall–Kier alpha value is -8.92. The smallest absolute Gasteiger partial charge is 0.143 e. The summed E-state index contributed by atoms with van der Waals surface area (Å²) < 4.78 is 9.53. The van der Waals surface area contributed by atoms with Crippen LogP contribution in [0.1, 0.15) is 12.8 Å². The average Bonchev–Trinajstić information content (AvgIpc) is 3.98. The first-order valence-electron chi connectivity index (χ1n) is 23.9. The number of rotatable bonds is 9. The summed E-state index contributed by atoms with van der Waals surface area (Å²) in [7, 11) is 0. The van der Waals surface area contributed by atoms with Gasteiger partial charge < -0.3 is 13.9 Å². The van der Waals surface area contributed by atoms with Crippen LogP contribution in [0, 0.1) is 0 Å². The SMILES string of the molecule is C1=CC(n2c3ccccc3c3cc(-c4cc(-c5ccc(N(c6ccc(-c7ccccc7)cc6)c6ccc(-c7ccccc7)cc6)cc5)cc5c4oc4c(-c6ccccc6)cccc45)ccc32)=CCC1. The predicted molar refractivity (Wildman–Crippen MR) is 291 cm³/mol. The van der Waals surface area contributed by atoms with E-state index in [1.165, 1.54) is 49.8 Å². The van der Waals surface area contributed by atoms with E-state index in [0.29, 0.717) is 0 Å². The van der Waals surface area contributed by atoms with Crippen LogP contribution in [0.25, 0.3) is 105 Å². The van der Waals surface area contributed by atoms with Gasteiger partial charge in [-0.1, -0.05) is 182 Å². The Balaban J connectivity index is 0.960. The molecule has 12 aromatic rings. The van der Waals surface area contributed by atoms with E-state index in [0.717, 1.165) is 85.2 Å². The normalized spacial score (nSPS) is 12.6. The third-order valence-electron chi connectivity index (χ3n) is 13.8. The monoisotopic (exact) mass is 882 g/mol. The number of para-hydroxylation sites is 2. The fourth-order valence-electron chi connectivity index (χ4n) is 10.4. The standard InChI is InChI=1S/C66H46N2O/c1-5-16-45(17-6-1)47-28-35-54(36-29-47)67(55-37-30-48(31-38-55)46-18-7-2-8-19-46)56-39-32-49(33-40-56)52-43-60(66-62(44-52)59-26-15-25-57(65(59)69-66)50-20-9-3-10-21-50)51-34-41-64-61(42-51)58-24-13-14-27-63(58)68(64)53-22-11-4-12-23-53/h1-3,5-11,13-44H,4,12H2. The Kier molecular flexibility index (Phi) is 9.98. The van der Waals surface area contributed by atoms with E-state index in [-0.39, 0.29) is 0 Å². The molecule has 326 valence electrons. The summed E-state index contributed by atoms with van der Waals surface area (Å²) in [6, 6.07) is 85.5. The number of furan rings is 1. The Morgan fingerprint density at radius 2 is 0.826 bits per heavy atom. The summed E-state index contributed by atoms with van der Waals surface area (Å²) in [5, 5.41) is 4.66. The lowest BCUT2D eigenvalue weighted by Crippen LogP contribution is -2.09. The second-order valence-electron chi connectivity index (χ2n) is 18.0. The molecule has 0 bridgehead atoms. The highest BCUT2D eigenvalue weighted by molar-refractivity contribution is 6.16. The molecular formula is C66H46N2O. The first kappa shape index (κ1) is 40.4. The van der Waals surface area contributed by atoms with Crippen LogP contribution in [0.4, 0.5) is 17.1 Å². The minimum atomic E-state index is 0.888. The zero-order valence-corrected chi connectivity index (χ0v) is 38.0. The Morgan fingerprint density at radius 1 is 0.333 bits per heavy atom. The van der Waals surface area contributed by atoms with Gasteiger partial charge in [0.05, 0.1) is 11.0 Å². The molecule has 2 aromatic heterocycles. The first-order chi connectivity index (χ1) is 34.2. The average molecular weight is 883 g/mol. The molecule has 10 aromatic carbocycles. The molecule has 0 saturated carbocycles. The van der Waals surface area contributed by atoms with Crippen LogP contribution in [0.15, 0.2) is 259 Å². The number of aromatic nitrogens is 1. The van der Waals surface area contributed by atoms with Crippen LogP contribution in [0.2, 0.25) is 0 Å². The van der Waals surface area contributed by atoms with E-state index in [9.17, 15) is 0 Å². The molecule has 0 atom stereocenters. The molecule has 0 fully saturated rings. The van der Waals surface area contributed by atoms with E-state index in [2.05, 4.69) is 264 Å². The number of hydrogen-bond acceptors (Lipinski definition) is 2.